The number of primary amides is 1. The fraction of sp³-hybridized carbons (Fsp3) is 0.364. The molecule has 0 aliphatic carbocycles. The van der Waals surface area contributed by atoms with Gasteiger partial charge in [-0.05, 0) is 50.9 Å². The third-order valence-electron chi connectivity index (χ3n) is 5.63. The number of benzene rings is 2. The van der Waals surface area contributed by atoms with Crippen LogP contribution in [0.2, 0.25) is 0 Å². The Morgan fingerprint density at radius 2 is 1.52 bits per heavy atom. The molecule has 0 radical (unpaired) electrons. The van der Waals surface area contributed by atoms with Crippen molar-refractivity contribution in [1.29, 1.82) is 0 Å². The Morgan fingerprint density at radius 3 is 2.03 bits per heavy atom. The van der Waals surface area contributed by atoms with Crippen molar-refractivity contribution in [3.63, 3.8) is 0 Å². The van der Waals surface area contributed by atoms with Crippen LogP contribution >= 0.6 is 0 Å². The fourth-order valence-electron chi connectivity index (χ4n) is 3.08. The monoisotopic (exact) mass is 394 g/mol. The Labute approximate surface area is 171 Å². The van der Waals surface area contributed by atoms with Crippen LogP contribution in [0.4, 0.5) is 0 Å². The molecule has 0 aromatic heterocycles. The van der Waals surface area contributed by atoms with Gasteiger partial charge in [0.15, 0.2) is 0 Å². The lowest BCUT2D eigenvalue weighted by Crippen LogP contribution is -2.45. The van der Waals surface area contributed by atoms with E-state index in [1.54, 1.807) is 24.3 Å². The average Bonchev–Trinajstić information content (AvgIpc) is 2.89. The Kier molecular flexibility index (Phi) is 5.82. The van der Waals surface area contributed by atoms with Gasteiger partial charge in [0.2, 0.25) is 5.91 Å². The van der Waals surface area contributed by atoms with E-state index in [1.165, 1.54) is 0 Å². The molecule has 152 valence electrons. The number of hydrogen-bond donors (Lipinski definition) is 2. The highest BCUT2D eigenvalue weighted by Crippen LogP contribution is 2.36. The standard InChI is InChI=1S/C22H27BN2O4/c1-21(2)22(3,4)29-23(28-21)17-12-10-15(11-13-17)14-18(19(24)26)25-20(27)16-8-6-5-7-9-16/h5-13,18H,14H2,1-4H3,(H2,24,26)(H,25,27)/t18-/m1/s1. The first-order valence-corrected chi connectivity index (χ1v) is 9.69. The molecule has 1 saturated heterocycles. The molecule has 7 heteroatoms. The van der Waals surface area contributed by atoms with Gasteiger partial charge in [0.1, 0.15) is 6.04 Å². The van der Waals surface area contributed by atoms with Crippen LogP contribution in [0, 0.1) is 0 Å². The number of nitrogens with one attached hydrogen (secondary N) is 1. The van der Waals surface area contributed by atoms with Crippen LogP contribution in [0.3, 0.4) is 0 Å². The molecule has 0 bridgehead atoms. The Bertz CT molecular complexity index is 865. The number of amides is 2. The highest BCUT2D eigenvalue weighted by atomic mass is 16.7. The number of carbonyl (C=O) groups is 2. The second-order valence-corrected chi connectivity index (χ2v) is 8.33. The van der Waals surface area contributed by atoms with E-state index in [0.29, 0.717) is 12.0 Å². The van der Waals surface area contributed by atoms with Crippen molar-refractivity contribution in [2.75, 3.05) is 0 Å². The molecule has 1 aliphatic heterocycles. The van der Waals surface area contributed by atoms with E-state index < -0.39 is 30.3 Å². The van der Waals surface area contributed by atoms with Crippen LogP contribution in [-0.2, 0) is 20.5 Å². The van der Waals surface area contributed by atoms with Gasteiger partial charge in [-0.3, -0.25) is 9.59 Å². The molecule has 0 saturated carbocycles. The van der Waals surface area contributed by atoms with E-state index in [1.807, 2.05) is 58.0 Å². The van der Waals surface area contributed by atoms with Crippen molar-refractivity contribution >= 4 is 24.4 Å². The van der Waals surface area contributed by atoms with Crippen molar-refractivity contribution < 1.29 is 18.9 Å². The largest absolute Gasteiger partial charge is 0.494 e. The number of nitrogens with two attached hydrogens (primary N) is 1. The first-order chi connectivity index (χ1) is 13.6. The second-order valence-electron chi connectivity index (χ2n) is 8.33. The van der Waals surface area contributed by atoms with Gasteiger partial charge in [-0.2, -0.15) is 0 Å². The van der Waals surface area contributed by atoms with Gasteiger partial charge in [-0.25, -0.2) is 0 Å². The molecule has 0 spiro atoms. The zero-order chi connectivity index (χ0) is 21.2. The molecule has 3 N–H and O–H groups in total. The predicted molar refractivity (Wildman–Crippen MR) is 113 cm³/mol. The average molecular weight is 394 g/mol. The van der Waals surface area contributed by atoms with Crippen molar-refractivity contribution in [3.05, 3.63) is 65.7 Å². The zero-order valence-electron chi connectivity index (χ0n) is 17.3. The molecule has 6 nitrogen and oxygen atoms in total. The van der Waals surface area contributed by atoms with E-state index in [4.69, 9.17) is 15.0 Å². The lowest BCUT2D eigenvalue weighted by Gasteiger charge is -2.32. The van der Waals surface area contributed by atoms with Crippen molar-refractivity contribution in [3.8, 4) is 0 Å². The van der Waals surface area contributed by atoms with E-state index in [9.17, 15) is 9.59 Å². The van der Waals surface area contributed by atoms with E-state index in [0.717, 1.165) is 11.0 Å². The lowest BCUT2D eigenvalue weighted by molar-refractivity contribution is -0.119. The Balaban J connectivity index is 1.67. The van der Waals surface area contributed by atoms with E-state index >= 15 is 0 Å². The van der Waals surface area contributed by atoms with Crippen molar-refractivity contribution in [2.24, 2.45) is 5.73 Å². The SMILES string of the molecule is CC1(C)OB(c2ccc(C[C@@H](NC(=O)c3ccccc3)C(N)=O)cc2)OC1(C)C. The van der Waals surface area contributed by atoms with Crippen molar-refractivity contribution in [2.45, 2.75) is 51.4 Å². The Hall–Kier alpha value is -2.64. The highest BCUT2D eigenvalue weighted by Gasteiger charge is 2.51. The molecule has 3 rings (SSSR count). The van der Waals surface area contributed by atoms with Gasteiger partial charge in [0.05, 0.1) is 11.2 Å². The van der Waals surface area contributed by atoms with Crippen LogP contribution in [0.15, 0.2) is 54.6 Å². The highest BCUT2D eigenvalue weighted by molar-refractivity contribution is 6.62. The molecular weight excluding hydrogens is 367 g/mol. The normalized spacial score (nSPS) is 18.3. The summed E-state index contributed by atoms with van der Waals surface area (Å²) in [6.07, 6.45) is 0.303. The Morgan fingerprint density at radius 1 is 0.966 bits per heavy atom. The molecule has 1 heterocycles. The number of hydrogen-bond acceptors (Lipinski definition) is 4. The maximum absolute atomic E-state index is 12.3. The van der Waals surface area contributed by atoms with E-state index in [-0.39, 0.29) is 5.91 Å². The van der Waals surface area contributed by atoms with Crippen LogP contribution < -0.4 is 16.5 Å². The molecule has 1 fully saturated rings. The van der Waals surface area contributed by atoms with Gasteiger partial charge in [-0.15, -0.1) is 0 Å². The van der Waals surface area contributed by atoms with Crippen LogP contribution in [0.1, 0.15) is 43.6 Å². The summed E-state index contributed by atoms with van der Waals surface area (Å²) in [5.41, 5.74) is 6.95. The van der Waals surface area contributed by atoms with Crippen LogP contribution in [-0.4, -0.2) is 36.2 Å². The maximum atomic E-state index is 12.3. The summed E-state index contributed by atoms with van der Waals surface area (Å²) >= 11 is 0. The first kappa shape index (κ1) is 21.1. The summed E-state index contributed by atoms with van der Waals surface area (Å²) in [4.78, 5) is 24.2. The minimum atomic E-state index is -0.801. The summed E-state index contributed by atoms with van der Waals surface area (Å²) in [6.45, 7) is 8.03. The van der Waals surface area contributed by atoms with Gasteiger partial charge < -0.3 is 20.4 Å². The minimum Gasteiger partial charge on any atom is -0.399 e. The van der Waals surface area contributed by atoms with Gasteiger partial charge in [0.25, 0.3) is 5.91 Å². The van der Waals surface area contributed by atoms with Crippen molar-refractivity contribution in [1.82, 2.24) is 5.32 Å². The molecule has 2 aromatic rings. The predicted octanol–water partition coefficient (Wildman–Crippen LogP) is 1.81. The molecular formula is C22H27BN2O4. The summed E-state index contributed by atoms with van der Waals surface area (Å²) in [5.74, 6) is -0.910. The smallest absolute Gasteiger partial charge is 0.399 e. The quantitative estimate of drug-likeness (QED) is 0.732. The molecule has 2 aromatic carbocycles. The summed E-state index contributed by atoms with van der Waals surface area (Å²) < 4.78 is 12.1. The van der Waals surface area contributed by atoms with Gasteiger partial charge >= 0.3 is 7.12 Å². The summed E-state index contributed by atoms with van der Waals surface area (Å²) in [6, 6.07) is 15.5. The first-order valence-electron chi connectivity index (χ1n) is 9.69. The topological polar surface area (TPSA) is 90.6 Å². The number of carbonyl (C=O) groups excluding carboxylic acids is 2. The molecule has 0 unspecified atom stereocenters. The molecule has 29 heavy (non-hydrogen) atoms. The van der Waals surface area contributed by atoms with Crippen LogP contribution in [0.5, 0.6) is 0 Å². The van der Waals surface area contributed by atoms with E-state index in [2.05, 4.69) is 5.32 Å². The molecule has 2 amide bonds. The third kappa shape index (κ3) is 4.69. The zero-order valence-corrected chi connectivity index (χ0v) is 17.3. The molecule has 1 aliphatic rings. The molecule has 1 atom stereocenters. The third-order valence-corrected chi connectivity index (χ3v) is 5.63. The summed E-state index contributed by atoms with van der Waals surface area (Å²) in [7, 11) is -0.446. The summed E-state index contributed by atoms with van der Waals surface area (Å²) in [5, 5.41) is 2.71. The van der Waals surface area contributed by atoms with Gasteiger partial charge in [0, 0.05) is 12.0 Å². The maximum Gasteiger partial charge on any atom is 0.494 e. The number of rotatable bonds is 6. The van der Waals surface area contributed by atoms with Gasteiger partial charge in [-0.1, -0.05) is 42.5 Å². The van der Waals surface area contributed by atoms with Crippen LogP contribution in [0.25, 0.3) is 0 Å². The fourth-order valence-corrected chi connectivity index (χ4v) is 3.08. The second kappa shape index (κ2) is 8.01. The minimum absolute atomic E-state index is 0.303. The lowest BCUT2D eigenvalue weighted by atomic mass is 9.78.